The Balaban J connectivity index is 1.55. The van der Waals surface area contributed by atoms with Gasteiger partial charge in [-0.1, -0.05) is 75.7 Å². The SMILES string of the molecule is CCCc1ccc(C2(C)NC(=O)N(CC(=O)NCCc3ccc(C(C)C)cc3)C2=O)cc1. The Bertz CT molecular complexity index is 967. The first-order valence-corrected chi connectivity index (χ1v) is 11.3. The predicted molar refractivity (Wildman–Crippen MR) is 125 cm³/mol. The van der Waals surface area contributed by atoms with E-state index < -0.39 is 17.5 Å². The number of imide groups is 1. The van der Waals surface area contributed by atoms with E-state index in [1.54, 1.807) is 6.92 Å². The number of benzene rings is 2. The van der Waals surface area contributed by atoms with Crippen LogP contribution in [0, 0.1) is 0 Å². The fourth-order valence-electron chi connectivity index (χ4n) is 3.94. The summed E-state index contributed by atoms with van der Waals surface area (Å²) < 4.78 is 0. The van der Waals surface area contributed by atoms with Crippen LogP contribution in [0.2, 0.25) is 0 Å². The minimum atomic E-state index is -1.17. The van der Waals surface area contributed by atoms with Crippen LogP contribution in [0.1, 0.15) is 62.3 Å². The maximum absolute atomic E-state index is 13.0. The third kappa shape index (κ3) is 5.18. The highest BCUT2D eigenvalue weighted by Gasteiger charge is 2.49. The quantitative estimate of drug-likeness (QED) is 0.587. The van der Waals surface area contributed by atoms with Gasteiger partial charge in [0, 0.05) is 6.54 Å². The second kappa shape index (κ2) is 9.98. The minimum absolute atomic E-state index is 0.291. The number of aryl methyl sites for hydroxylation is 1. The zero-order valence-corrected chi connectivity index (χ0v) is 19.4. The molecule has 1 atom stereocenters. The van der Waals surface area contributed by atoms with Gasteiger partial charge in [-0.25, -0.2) is 4.79 Å². The number of hydrogen-bond donors (Lipinski definition) is 2. The first-order chi connectivity index (χ1) is 15.2. The summed E-state index contributed by atoms with van der Waals surface area (Å²) in [6, 6.07) is 15.5. The minimum Gasteiger partial charge on any atom is -0.354 e. The van der Waals surface area contributed by atoms with Gasteiger partial charge in [0.2, 0.25) is 5.91 Å². The topological polar surface area (TPSA) is 78.5 Å². The van der Waals surface area contributed by atoms with E-state index in [0.29, 0.717) is 24.4 Å². The molecule has 6 heteroatoms. The lowest BCUT2D eigenvalue weighted by Gasteiger charge is -2.22. The highest BCUT2D eigenvalue weighted by molar-refractivity contribution is 6.09. The second-order valence-electron chi connectivity index (χ2n) is 8.89. The van der Waals surface area contributed by atoms with Crippen LogP contribution in [0.5, 0.6) is 0 Å². The maximum Gasteiger partial charge on any atom is 0.325 e. The number of nitrogens with one attached hydrogen (secondary N) is 2. The smallest absolute Gasteiger partial charge is 0.325 e. The number of rotatable bonds is 9. The lowest BCUT2D eigenvalue weighted by molar-refractivity contribution is -0.134. The van der Waals surface area contributed by atoms with Crippen LogP contribution in [0.3, 0.4) is 0 Å². The monoisotopic (exact) mass is 435 g/mol. The first kappa shape index (κ1) is 23.5. The number of hydrogen-bond acceptors (Lipinski definition) is 3. The Hall–Kier alpha value is -3.15. The fraction of sp³-hybridized carbons (Fsp3) is 0.423. The number of carbonyl (C=O) groups excluding carboxylic acids is 3. The van der Waals surface area contributed by atoms with E-state index in [-0.39, 0.29) is 12.5 Å². The molecule has 0 bridgehead atoms. The van der Waals surface area contributed by atoms with Crippen molar-refractivity contribution in [3.63, 3.8) is 0 Å². The molecule has 1 fully saturated rings. The zero-order valence-electron chi connectivity index (χ0n) is 19.4. The van der Waals surface area contributed by atoms with Crippen molar-refractivity contribution in [2.45, 2.75) is 58.4 Å². The van der Waals surface area contributed by atoms with Crippen molar-refractivity contribution in [1.29, 1.82) is 0 Å². The van der Waals surface area contributed by atoms with Gasteiger partial charge in [-0.3, -0.25) is 14.5 Å². The molecule has 2 N–H and O–H groups in total. The number of nitrogens with zero attached hydrogens (tertiary/aromatic N) is 1. The molecule has 1 aliphatic heterocycles. The van der Waals surface area contributed by atoms with Crippen molar-refractivity contribution >= 4 is 17.8 Å². The molecule has 1 heterocycles. The molecule has 170 valence electrons. The summed E-state index contributed by atoms with van der Waals surface area (Å²) in [5, 5.41) is 5.57. The van der Waals surface area contributed by atoms with Crippen LogP contribution in [0.25, 0.3) is 0 Å². The molecule has 0 saturated carbocycles. The van der Waals surface area contributed by atoms with Crippen LogP contribution in [0.4, 0.5) is 4.79 Å². The van der Waals surface area contributed by atoms with Gasteiger partial charge >= 0.3 is 6.03 Å². The lowest BCUT2D eigenvalue weighted by atomic mass is 9.91. The summed E-state index contributed by atoms with van der Waals surface area (Å²) in [5.74, 6) is -0.284. The molecule has 6 nitrogen and oxygen atoms in total. The van der Waals surface area contributed by atoms with Gasteiger partial charge in [0.25, 0.3) is 5.91 Å². The lowest BCUT2D eigenvalue weighted by Crippen LogP contribution is -2.43. The van der Waals surface area contributed by atoms with Gasteiger partial charge in [-0.15, -0.1) is 0 Å². The normalized spacial score (nSPS) is 18.2. The molecule has 1 aliphatic rings. The Labute approximate surface area is 190 Å². The Morgan fingerprint density at radius 3 is 2.19 bits per heavy atom. The van der Waals surface area contributed by atoms with Crippen molar-refractivity contribution in [3.8, 4) is 0 Å². The van der Waals surface area contributed by atoms with Gasteiger partial charge in [0.15, 0.2) is 0 Å². The molecule has 0 spiro atoms. The summed E-state index contributed by atoms with van der Waals surface area (Å²) in [4.78, 5) is 38.9. The van der Waals surface area contributed by atoms with Gasteiger partial charge < -0.3 is 10.6 Å². The molecule has 3 rings (SSSR count). The van der Waals surface area contributed by atoms with E-state index >= 15 is 0 Å². The molecule has 2 aromatic carbocycles. The molecule has 2 aromatic rings. The second-order valence-corrected chi connectivity index (χ2v) is 8.89. The summed E-state index contributed by atoms with van der Waals surface area (Å²) in [6.45, 7) is 8.25. The van der Waals surface area contributed by atoms with E-state index in [9.17, 15) is 14.4 Å². The molecule has 32 heavy (non-hydrogen) atoms. The van der Waals surface area contributed by atoms with Crippen molar-refractivity contribution in [3.05, 3.63) is 70.8 Å². The molecule has 1 unspecified atom stereocenters. The first-order valence-electron chi connectivity index (χ1n) is 11.3. The Morgan fingerprint density at radius 1 is 1.00 bits per heavy atom. The van der Waals surface area contributed by atoms with Crippen LogP contribution in [0.15, 0.2) is 48.5 Å². The van der Waals surface area contributed by atoms with Gasteiger partial charge in [-0.05, 0) is 47.9 Å². The number of amides is 4. The Morgan fingerprint density at radius 2 is 1.59 bits per heavy atom. The van der Waals surface area contributed by atoms with E-state index in [1.807, 2.05) is 24.3 Å². The highest BCUT2D eigenvalue weighted by Crippen LogP contribution is 2.29. The average Bonchev–Trinajstić information content (AvgIpc) is 2.98. The highest BCUT2D eigenvalue weighted by atomic mass is 16.2. The zero-order chi connectivity index (χ0) is 23.3. The number of urea groups is 1. The standard InChI is InChI=1S/C26H33N3O3/c1-5-6-19-9-13-22(14-10-19)26(4)24(31)29(25(32)28-26)17-23(30)27-16-15-20-7-11-21(12-8-20)18(2)3/h7-14,18H,5-6,15-17H2,1-4H3,(H,27,30)(H,28,32). The third-order valence-electron chi connectivity index (χ3n) is 6.03. The van der Waals surface area contributed by atoms with Crippen molar-refractivity contribution in [2.75, 3.05) is 13.1 Å². The Kier molecular flexibility index (Phi) is 7.33. The van der Waals surface area contributed by atoms with Crippen LogP contribution in [-0.4, -0.2) is 35.8 Å². The largest absolute Gasteiger partial charge is 0.354 e. The third-order valence-corrected chi connectivity index (χ3v) is 6.03. The predicted octanol–water partition coefficient (Wildman–Crippen LogP) is 3.89. The molecular weight excluding hydrogens is 402 g/mol. The number of carbonyl (C=O) groups is 3. The molecular formula is C26H33N3O3. The summed E-state index contributed by atoms with van der Waals surface area (Å²) in [5.41, 5.74) is 3.14. The fourth-order valence-corrected chi connectivity index (χ4v) is 3.94. The molecule has 1 saturated heterocycles. The van der Waals surface area contributed by atoms with Crippen molar-refractivity contribution in [1.82, 2.24) is 15.5 Å². The van der Waals surface area contributed by atoms with Crippen molar-refractivity contribution < 1.29 is 14.4 Å². The summed E-state index contributed by atoms with van der Waals surface area (Å²) in [6.07, 6.45) is 2.69. The van der Waals surface area contributed by atoms with E-state index in [2.05, 4.69) is 55.7 Å². The van der Waals surface area contributed by atoms with Crippen molar-refractivity contribution in [2.24, 2.45) is 0 Å². The van der Waals surface area contributed by atoms with Crippen LogP contribution >= 0.6 is 0 Å². The average molecular weight is 436 g/mol. The summed E-state index contributed by atoms with van der Waals surface area (Å²) >= 11 is 0. The molecule has 0 radical (unpaired) electrons. The van der Waals surface area contributed by atoms with Crippen LogP contribution < -0.4 is 10.6 Å². The molecule has 0 aliphatic carbocycles. The van der Waals surface area contributed by atoms with Gasteiger partial charge in [0.05, 0.1) is 0 Å². The molecule has 4 amide bonds. The van der Waals surface area contributed by atoms with E-state index in [1.165, 1.54) is 11.1 Å². The van der Waals surface area contributed by atoms with E-state index in [4.69, 9.17) is 0 Å². The van der Waals surface area contributed by atoms with E-state index in [0.717, 1.165) is 23.3 Å². The van der Waals surface area contributed by atoms with Gasteiger partial charge in [0.1, 0.15) is 12.1 Å². The van der Waals surface area contributed by atoms with Crippen LogP contribution in [-0.2, 0) is 28.0 Å². The molecule has 0 aromatic heterocycles. The van der Waals surface area contributed by atoms with Gasteiger partial charge in [-0.2, -0.15) is 0 Å². The maximum atomic E-state index is 13.0. The summed E-state index contributed by atoms with van der Waals surface area (Å²) in [7, 11) is 0.